The lowest BCUT2D eigenvalue weighted by Crippen LogP contribution is -2.31. The predicted octanol–water partition coefficient (Wildman–Crippen LogP) is 2.55. The molecule has 1 N–H and O–H groups in total. The first-order valence-electron chi connectivity index (χ1n) is 6.66. The number of aromatic carboxylic acids is 1. The number of aryl methyl sites for hydroxylation is 1. The average Bonchev–Trinajstić information content (AvgIpc) is 2.77. The van der Waals surface area contributed by atoms with Crippen LogP contribution in [0.3, 0.4) is 0 Å². The number of sulfone groups is 1. The van der Waals surface area contributed by atoms with Crippen LogP contribution in [0.1, 0.15) is 31.1 Å². The van der Waals surface area contributed by atoms with E-state index in [1.165, 1.54) is 0 Å². The minimum absolute atomic E-state index is 0.0254. The van der Waals surface area contributed by atoms with Gasteiger partial charge in [0.05, 0.1) is 16.1 Å². The molecule has 0 amide bonds. The summed E-state index contributed by atoms with van der Waals surface area (Å²) in [6.07, 6.45) is 1.79. The molecule has 0 aliphatic rings. The zero-order chi connectivity index (χ0) is 15.8. The Bertz CT molecular complexity index is 782. The Labute approximate surface area is 124 Å². The summed E-state index contributed by atoms with van der Waals surface area (Å²) in [7, 11) is -3.21. The molecule has 1 heterocycles. The molecule has 1 aromatic carbocycles. The highest BCUT2D eigenvalue weighted by Crippen LogP contribution is 2.20. The third-order valence-corrected chi connectivity index (χ3v) is 6.14. The molecule has 0 fully saturated rings. The minimum atomic E-state index is -3.21. The Hall–Kier alpha value is -1.82. The van der Waals surface area contributed by atoms with Gasteiger partial charge < -0.3 is 9.67 Å². The molecular formula is C15H19NO4S. The average molecular weight is 309 g/mol. The number of benzene rings is 1. The molecule has 5 nitrogen and oxygen atoms in total. The Morgan fingerprint density at radius 3 is 2.48 bits per heavy atom. The fraction of sp³-hybridized carbons (Fsp3) is 0.400. The summed E-state index contributed by atoms with van der Waals surface area (Å²) in [6, 6.07) is 6.69. The Balaban J connectivity index is 2.31. The quantitative estimate of drug-likeness (QED) is 0.941. The fourth-order valence-corrected chi connectivity index (χ4v) is 3.09. The number of nitrogens with zero attached hydrogens (tertiary/aromatic N) is 1. The summed E-state index contributed by atoms with van der Waals surface area (Å²) in [5.74, 6) is -0.968. The number of hydrogen-bond donors (Lipinski definition) is 1. The predicted molar refractivity (Wildman–Crippen MR) is 82.4 cm³/mol. The first kappa shape index (κ1) is 15.6. The molecule has 0 radical (unpaired) electrons. The van der Waals surface area contributed by atoms with E-state index >= 15 is 0 Å². The summed E-state index contributed by atoms with van der Waals surface area (Å²) in [5.41, 5.74) is 0.931. The van der Waals surface area contributed by atoms with E-state index < -0.39 is 20.6 Å². The summed E-state index contributed by atoms with van der Waals surface area (Å²) < 4.78 is 25.3. The van der Waals surface area contributed by atoms with Gasteiger partial charge in [-0.05, 0) is 44.4 Å². The van der Waals surface area contributed by atoms with E-state index in [1.807, 2.05) is 6.07 Å². The maximum Gasteiger partial charge on any atom is 0.335 e. The van der Waals surface area contributed by atoms with Gasteiger partial charge >= 0.3 is 5.97 Å². The summed E-state index contributed by atoms with van der Waals surface area (Å²) in [4.78, 5) is 11.0. The molecular weight excluding hydrogens is 290 g/mol. The van der Waals surface area contributed by atoms with Gasteiger partial charge in [-0.2, -0.15) is 0 Å². The Kier molecular flexibility index (Phi) is 3.84. The van der Waals surface area contributed by atoms with Crippen LogP contribution in [0, 0.1) is 0 Å². The Morgan fingerprint density at radius 1 is 1.24 bits per heavy atom. The third kappa shape index (κ3) is 3.10. The topological polar surface area (TPSA) is 76.4 Å². The van der Waals surface area contributed by atoms with E-state index in [1.54, 1.807) is 49.7 Å². The van der Waals surface area contributed by atoms with Crippen LogP contribution < -0.4 is 0 Å². The van der Waals surface area contributed by atoms with E-state index in [9.17, 15) is 13.2 Å². The highest BCUT2D eigenvalue weighted by Gasteiger charge is 2.28. The van der Waals surface area contributed by atoms with Crippen LogP contribution in [0.25, 0.3) is 10.9 Å². The van der Waals surface area contributed by atoms with E-state index in [2.05, 4.69) is 0 Å². The molecule has 114 valence electrons. The Morgan fingerprint density at radius 2 is 1.90 bits per heavy atom. The first-order valence-corrected chi connectivity index (χ1v) is 8.31. The molecule has 0 saturated heterocycles. The minimum Gasteiger partial charge on any atom is -0.478 e. The van der Waals surface area contributed by atoms with Crippen LogP contribution >= 0.6 is 0 Å². The fourth-order valence-electron chi connectivity index (χ4n) is 2.04. The maximum absolute atomic E-state index is 12.2. The normalized spacial score (nSPS) is 12.7. The van der Waals surface area contributed by atoms with Gasteiger partial charge in [-0.3, -0.25) is 0 Å². The van der Waals surface area contributed by atoms with Crippen molar-refractivity contribution in [1.82, 2.24) is 4.57 Å². The molecule has 2 aromatic rings. The highest BCUT2D eigenvalue weighted by molar-refractivity contribution is 7.92. The highest BCUT2D eigenvalue weighted by atomic mass is 32.2. The van der Waals surface area contributed by atoms with Crippen LogP contribution in [-0.4, -0.2) is 34.6 Å². The molecule has 0 aliphatic heterocycles. The van der Waals surface area contributed by atoms with E-state index in [0.29, 0.717) is 6.54 Å². The van der Waals surface area contributed by atoms with Crippen LogP contribution in [0.5, 0.6) is 0 Å². The van der Waals surface area contributed by atoms with Crippen LogP contribution in [0.4, 0.5) is 0 Å². The molecule has 0 bridgehead atoms. The van der Waals surface area contributed by atoms with Gasteiger partial charge in [-0.15, -0.1) is 0 Å². The number of hydrogen-bond acceptors (Lipinski definition) is 3. The van der Waals surface area contributed by atoms with Crippen molar-refractivity contribution in [2.24, 2.45) is 0 Å². The molecule has 0 atom stereocenters. The van der Waals surface area contributed by atoms with E-state index in [4.69, 9.17) is 5.11 Å². The second-order valence-corrected chi connectivity index (χ2v) is 8.88. The van der Waals surface area contributed by atoms with Crippen LogP contribution in [0.2, 0.25) is 0 Å². The van der Waals surface area contributed by atoms with Crippen molar-refractivity contribution in [3.63, 3.8) is 0 Å². The summed E-state index contributed by atoms with van der Waals surface area (Å²) in [5, 5.41) is 9.93. The molecule has 0 unspecified atom stereocenters. The lowest BCUT2D eigenvalue weighted by Gasteiger charge is -2.19. The van der Waals surface area contributed by atoms with Gasteiger partial charge in [-0.25, -0.2) is 13.2 Å². The molecule has 6 heteroatoms. The van der Waals surface area contributed by atoms with Crippen molar-refractivity contribution >= 4 is 26.7 Å². The van der Waals surface area contributed by atoms with Crippen molar-refractivity contribution < 1.29 is 18.3 Å². The summed E-state index contributed by atoms with van der Waals surface area (Å²) in [6.45, 7) is 5.35. The smallest absolute Gasteiger partial charge is 0.335 e. The molecule has 2 rings (SSSR count). The van der Waals surface area contributed by atoms with Gasteiger partial charge in [0, 0.05) is 18.3 Å². The van der Waals surface area contributed by atoms with Crippen molar-refractivity contribution in [2.45, 2.75) is 32.1 Å². The van der Waals surface area contributed by atoms with Gasteiger partial charge in [0.25, 0.3) is 0 Å². The standard InChI is InChI=1S/C15H19NO4S/c1-15(2,3)21(19,20)9-8-16-7-6-11-4-5-12(14(17)18)10-13(11)16/h4-7,10H,8-9H2,1-3H3,(H,17,18). The van der Waals surface area contributed by atoms with Crippen LogP contribution in [-0.2, 0) is 16.4 Å². The number of carbonyl (C=O) groups is 1. The van der Waals surface area contributed by atoms with Gasteiger partial charge in [0.1, 0.15) is 0 Å². The van der Waals surface area contributed by atoms with E-state index in [0.717, 1.165) is 10.9 Å². The van der Waals surface area contributed by atoms with Crippen molar-refractivity contribution in [1.29, 1.82) is 0 Å². The second-order valence-electron chi connectivity index (χ2n) is 6.02. The molecule has 0 saturated carbocycles. The zero-order valence-electron chi connectivity index (χ0n) is 12.3. The van der Waals surface area contributed by atoms with Gasteiger partial charge in [-0.1, -0.05) is 6.07 Å². The molecule has 0 spiro atoms. The lowest BCUT2D eigenvalue weighted by molar-refractivity contribution is 0.0697. The van der Waals surface area contributed by atoms with Crippen molar-refractivity contribution in [3.8, 4) is 0 Å². The van der Waals surface area contributed by atoms with Crippen molar-refractivity contribution in [3.05, 3.63) is 36.0 Å². The number of fused-ring (bicyclic) bond motifs is 1. The number of aromatic nitrogens is 1. The monoisotopic (exact) mass is 309 g/mol. The molecule has 21 heavy (non-hydrogen) atoms. The van der Waals surface area contributed by atoms with Crippen molar-refractivity contribution in [2.75, 3.05) is 5.75 Å². The number of carboxylic acids is 1. The molecule has 0 aliphatic carbocycles. The number of carboxylic acid groups (broad SMARTS) is 1. The third-order valence-electron chi connectivity index (χ3n) is 3.55. The zero-order valence-corrected chi connectivity index (χ0v) is 13.1. The van der Waals surface area contributed by atoms with Crippen LogP contribution in [0.15, 0.2) is 30.5 Å². The first-order chi connectivity index (χ1) is 9.62. The van der Waals surface area contributed by atoms with E-state index in [-0.39, 0.29) is 11.3 Å². The SMILES string of the molecule is CC(C)(C)S(=O)(=O)CCn1ccc2ccc(C(=O)O)cc21. The van der Waals surface area contributed by atoms with Gasteiger partial charge in [0.2, 0.25) is 0 Å². The largest absolute Gasteiger partial charge is 0.478 e. The number of rotatable bonds is 4. The maximum atomic E-state index is 12.2. The summed E-state index contributed by atoms with van der Waals surface area (Å²) >= 11 is 0. The lowest BCUT2D eigenvalue weighted by atomic mass is 10.2. The molecule has 1 aromatic heterocycles. The van der Waals surface area contributed by atoms with Gasteiger partial charge in [0.15, 0.2) is 9.84 Å². The second kappa shape index (κ2) is 5.18.